The third-order valence-electron chi connectivity index (χ3n) is 6.97. The van der Waals surface area contributed by atoms with Gasteiger partial charge in [-0.15, -0.1) is 0 Å². The minimum absolute atomic E-state index is 0.0832. The zero-order valence-electron chi connectivity index (χ0n) is 20.3. The third-order valence-corrected chi connectivity index (χ3v) is 7.71. The van der Waals surface area contributed by atoms with Crippen molar-refractivity contribution in [3.63, 3.8) is 0 Å². The number of nitrogens with zero attached hydrogens (tertiary/aromatic N) is 3. The van der Waals surface area contributed by atoms with Gasteiger partial charge in [-0.25, -0.2) is 0 Å². The zero-order valence-corrected chi connectivity index (χ0v) is 21.1. The first-order chi connectivity index (χ1) is 16.7. The van der Waals surface area contributed by atoms with Crippen LogP contribution in [-0.4, -0.2) is 67.0 Å². The number of hydrogen-bond donors (Lipinski definition) is 0. The lowest BCUT2D eigenvalue weighted by molar-refractivity contribution is -0.133. The van der Waals surface area contributed by atoms with E-state index >= 15 is 0 Å². The van der Waals surface area contributed by atoms with Crippen LogP contribution < -0.4 is 4.90 Å². The molecule has 2 aromatic rings. The quantitative estimate of drug-likeness (QED) is 0.458. The molecule has 0 unspecified atom stereocenters. The molecule has 0 saturated carbocycles. The van der Waals surface area contributed by atoms with Crippen LogP contribution in [0, 0.1) is 12.8 Å². The van der Waals surface area contributed by atoms with Gasteiger partial charge < -0.3 is 9.80 Å². The number of hydrogen-bond acceptors (Lipinski definition) is 4. The average Bonchev–Trinajstić information content (AvgIpc) is 2.84. The highest BCUT2D eigenvalue weighted by Crippen LogP contribution is 2.37. The Morgan fingerprint density at radius 2 is 1.66 bits per heavy atom. The summed E-state index contributed by atoms with van der Waals surface area (Å²) < 4.78 is 37.6. The molecule has 0 aromatic heterocycles. The Kier molecular flexibility index (Phi) is 8.65. The van der Waals surface area contributed by atoms with Crippen LogP contribution >= 0.6 is 11.8 Å². The van der Waals surface area contributed by atoms with Crippen molar-refractivity contribution in [3.8, 4) is 0 Å². The van der Waals surface area contributed by atoms with Crippen LogP contribution in [0.4, 0.5) is 18.9 Å². The lowest BCUT2D eigenvalue weighted by Crippen LogP contribution is -2.48. The lowest BCUT2D eigenvalue weighted by atomic mass is 9.91. The summed E-state index contributed by atoms with van der Waals surface area (Å²) in [4.78, 5) is 19.9. The Balaban J connectivity index is 1.19. The molecule has 0 radical (unpaired) electrons. The van der Waals surface area contributed by atoms with Crippen molar-refractivity contribution in [2.24, 2.45) is 5.92 Å². The van der Waals surface area contributed by atoms with E-state index in [0.717, 1.165) is 70.6 Å². The first-order valence-electron chi connectivity index (χ1n) is 12.4. The second-order valence-electron chi connectivity index (χ2n) is 9.66. The molecule has 2 saturated heterocycles. The number of piperidine rings is 1. The molecule has 0 aliphatic carbocycles. The van der Waals surface area contributed by atoms with Crippen LogP contribution in [0.1, 0.15) is 30.4 Å². The van der Waals surface area contributed by atoms with E-state index < -0.39 is 5.51 Å². The Morgan fingerprint density at radius 1 is 0.971 bits per heavy atom. The molecule has 8 heteroatoms. The van der Waals surface area contributed by atoms with Crippen molar-refractivity contribution < 1.29 is 18.0 Å². The SMILES string of the molecule is Cc1ccc(N2CCN(CCC(=O)N3CCC[C@H](Cc4ccc(SC(F)(F)F)cc4)C3)CC2)cc1. The summed E-state index contributed by atoms with van der Waals surface area (Å²) in [5.41, 5.74) is -0.703. The largest absolute Gasteiger partial charge is 0.446 e. The fourth-order valence-electron chi connectivity index (χ4n) is 5.02. The minimum atomic E-state index is -4.26. The Morgan fingerprint density at radius 3 is 2.31 bits per heavy atom. The van der Waals surface area contributed by atoms with Crippen molar-refractivity contribution in [1.29, 1.82) is 0 Å². The van der Waals surface area contributed by atoms with Gasteiger partial charge in [0.2, 0.25) is 5.91 Å². The van der Waals surface area contributed by atoms with Gasteiger partial charge in [-0.2, -0.15) is 13.2 Å². The summed E-state index contributed by atoms with van der Waals surface area (Å²) in [6.45, 7) is 8.31. The van der Waals surface area contributed by atoms with E-state index in [2.05, 4.69) is 41.0 Å². The number of aryl methyl sites for hydroxylation is 1. The lowest BCUT2D eigenvalue weighted by Gasteiger charge is -2.37. The number of piperazine rings is 1. The normalized spacial score (nSPS) is 19.7. The molecule has 4 nitrogen and oxygen atoms in total. The Bertz CT molecular complexity index is 957. The highest BCUT2D eigenvalue weighted by atomic mass is 32.2. The van der Waals surface area contributed by atoms with E-state index in [4.69, 9.17) is 0 Å². The smallest absolute Gasteiger partial charge is 0.369 e. The average molecular weight is 506 g/mol. The number of thioether (sulfide) groups is 1. The van der Waals surface area contributed by atoms with E-state index in [0.29, 0.717) is 12.3 Å². The van der Waals surface area contributed by atoms with Gasteiger partial charge in [-0.05, 0) is 73.7 Å². The monoisotopic (exact) mass is 505 g/mol. The van der Waals surface area contributed by atoms with Crippen LogP contribution in [0.2, 0.25) is 0 Å². The van der Waals surface area contributed by atoms with Gasteiger partial charge in [-0.3, -0.25) is 9.69 Å². The molecule has 35 heavy (non-hydrogen) atoms. The topological polar surface area (TPSA) is 26.8 Å². The highest BCUT2D eigenvalue weighted by Gasteiger charge is 2.29. The number of alkyl halides is 3. The summed E-state index contributed by atoms with van der Waals surface area (Å²) in [6, 6.07) is 15.3. The predicted octanol–water partition coefficient (Wildman–Crippen LogP) is 5.60. The maximum atomic E-state index is 12.9. The number of amides is 1. The maximum absolute atomic E-state index is 12.9. The van der Waals surface area contributed by atoms with Crippen molar-refractivity contribution in [2.45, 2.75) is 43.0 Å². The van der Waals surface area contributed by atoms with Gasteiger partial charge >= 0.3 is 5.51 Å². The molecule has 2 heterocycles. The van der Waals surface area contributed by atoms with Crippen LogP contribution in [-0.2, 0) is 11.2 Å². The Labute approximate surface area is 210 Å². The number of benzene rings is 2. The molecular formula is C27H34F3N3OS. The first kappa shape index (κ1) is 25.9. The molecule has 2 aliphatic heterocycles. The van der Waals surface area contributed by atoms with Crippen LogP contribution in [0.25, 0.3) is 0 Å². The van der Waals surface area contributed by atoms with Crippen molar-refractivity contribution in [1.82, 2.24) is 9.80 Å². The van der Waals surface area contributed by atoms with Gasteiger partial charge in [0.1, 0.15) is 0 Å². The van der Waals surface area contributed by atoms with E-state index in [1.807, 2.05) is 4.90 Å². The number of rotatable bonds is 7. The predicted molar refractivity (Wildman–Crippen MR) is 136 cm³/mol. The minimum Gasteiger partial charge on any atom is -0.369 e. The van der Waals surface area contributed by atoms with E-state index in [-0.39, 0.29) is 22.6 Å². The number of carbonyl (C=O) groups excluding carboxylic acids is 1. The van der Waals surface area contributed by atoms with Crippen LogP contribution in [0.5, 0.6) is 0 Å². The molecule has 4 rings (SSSR count). The number of likely N-dealkylation sites (tertiary alicyclic amines) is 1. The van der Waals surface area contributed by atoms with Gasteiger partial charge in [0.25, 0.3) is 0 Å². The molecule has 0 bridgehead atoms. The fraction of sp³-hybridized carbons (Fsp3) is 0.519. The second kappa shape index (κ2) is 11.7. The molecular weight excluding hydrogens is 471 g/mol. The Hall–Kier alpha value is -2.19. The number of carbonyl (C=O) groups is 1. The van der Waals surface area contributed by atoms with Crippen molar-refractivity contribution in [2.75, 3.05) is 50.7 Å². The summed E-state index contributed by atoms with van der Waals surface area (Å²) in [6.07, 6.45) is 3.36. The molecule has 2 aliphatic rings. The van der Waals surface area contributed by atoms with Gasteiger partial charge in [0, 0.05) is 62.8 Å². The number of halogens is 3. The molecule has 1 amide bonds. The highest BCUT2D eigenvalue weighted by molar-refractivity contribution is 8.00. The summed E-state index contributed by atoms with van der Waals surface area (Å²) in [7, 11) is 0. The summed E-state index contributed by atoms with van der Waals surface area (Å²) in [5, 5.41) is 0. The first-order valence-corrected chi connectivity index (χ1v) is 13.2. The summed E-state index contributed by atoms with van der Waals surface area (Å²) in [5.74, 6) is 0.569. The van der Waals surface area contributed by atoms with Gasteiger partial charge in [0.15, 0.2) is 0 Å². The zero-order chi connectivity index (χ0) is 24.8. The molecule has 0 N–H and O–H groups in total. The van der Waals surface area contributed by atoms with Crippen molar-refractivity contribution in [3.05, 3.63) is 59.7 Å². The van der Waals surface area contributed by atoms with E-state index in [9.17, 15) is 18.0 Å². The molecule has 190 valence electrons. The molecule has 0 spiro atoms. The second-order valence-corrected chi connectivity index (χ2v) is 10.8. The summed E-state index contributed by atoms with van der Waals surface area (Å²) >= 11 is -0.0832. The van der Waals surface area contributed by atoms with Crippen LogP contribution in [0.3, 0.4) is 0 Å². The van der Waals surface area contributed by atoms with Crippen LogP contribution in [0.15, 0.2) is 53.4 Å². The van der Waals surface area contributed by atoms with E-state index in [1.54, 1.807) is 12.1 Å². The fourth-order valence-corrected chi connectivity index (χ4v) is 5.56. The third kappa shape index (κ3) is 7.90. The van der Waals surface area contributed by atoms with Gasteiger partial charge in [0.05, 0.1) is 0 Å². The molecule has 2 aromatic carbocycles. The number of anilines is 1. The maximum Gasteiger partial charge on any atom is 0.446 e. The van der Waals surface area contributed by atoms with E-state index in [1.165, 1.54) is 23.4 Å². The molecule has 2 fully saturated rings. The molecule has 1 atom stereocenters. The standard InChI is InChI=1S/C27H34F3N3OS/c1-21-4-8-24(9-5-21)32-17-15-31(16-18-32)14-12-26(34)33-13-2-3-23(20-33)19-22-6-10-25(11-7-22)35-27(28,29)30/h4-11,23H,2-3,12-20H2,1H3/t23-/m1/s1. The van der Waals surface area contributed by atoms with Crippen molar-refractivity contribution >= 4 is 23.4 Å². The van der Waals surface area contributed by atoms with Gasteiger partial charge in [-0.1, -0.05) is 29.8 Å².